The highest BCUT2D eigenvalue weighted by molar-refractivity contribution is 14.2. The van der Waals surface area contributed by atoms with Gasteiger partial charge in [-0.1, -0.05) is 32.2 Å². The van der Waals surface area contributed by atoms with Gasteiger partial charge in [-0.05, 0) is 25.0 Å². The lowest BCUT2D eigenvalue weighted by Gasteiger charge is -2.07. The monoisotopic (exact) mass is 290 g/mol. The molecular weight excluding hydrogens is 275 g/mol. The van der Waals surface area contributed by atoms with E-state index in [4.69, 9.17) is 0 Å². The van der Waals surface area contributed by atoms with Gasteiger partial charge in [-0.3, -0.25) is 0 Å². The maximum absolute atomic E-state index is 4.39. The van der Waals surface area contributed by atoms with E-state index in [2.05, 4.69) is 34.7 Å². The fourth-order valence-corrected chi connectivity index (χ4v) is 2.08. The zero-order valence-electron chi connectivity index (χ0n) is 8.10. The van der Waals surface area contributed by atoms with Crippen molar-refractivity contribution in [2.24, 2.45) is 0 Å². The molecule has 1 heterocycles. The molecule has 0 atom stereocenters. The van der Waals surface area contributed by atoms with Crippen molar-refractivity contribution >= 4 is 31.1 Å². The Morgan fingerprint density at radius 2 is 2.31 bits per heavy atom. The molecule has 0 aliphatic heterocycles. The predicted molar refractivity (Wildman–Crippen MR) is 67.6 cm³/mol. The van der Waals surface area contributed by atoms with Crippen molar-refractivity contribution < 1.29 is 0 Å². The maximum atomic E-state index is 4.39. The summed E-state index contributed by atoms with van der Waals surface area (Å²) in [5.41, 5.74) is 1.31. The highest BCUT2D eigenvalue weighted by Crippen LogP contribution is 2.17. The van der Waals surface area contributed by atoms with Crippen LogP contribution in [0.25, 0.3) is 0 Å². The minimum absolute atomic E-state index is 0.0764. The quantitative estimate of drug-likeness (QED) is 0.862. The molecule has 0 aromatic carbocycles. The van der Waals surface area contributed by atoms with E-state index in [0.717, 1.165) is 18.8 Å². The van der Waals surface area contributed by atoms with Gasteiger partial charge in [0.15, 0.2) is 0 Å². The van der Waals surface area contributed by atoms with Gasteiger partial charge in [-0.2, -0.15) is 0 Å². The second-order valence-electron chi connectivity index (χ2n) is 2.68. The van der Waals surface area contributed by atoms with E-state index in [0.29, 0.717) is 0 Å². The first-order chi connectivity index (χ1) is 6.31. The van der Waals surface area contributed by atoms with Crippen LogP contribution in [0, 0.1) is 3.57 Å². The first-order valence-corrected chi connectivity index (χ1v) is 7.03. The van der Waals surface area contributed by atoms with Crippen molar-refractivity contribution in [1.29, 1.82) is 0 Å². The summed E-state index contributed by atoms with van der Waals surface area (Å²) in [6.07, 6.45) is 2.98. The molecule has 1 N–H and O–H groups in total. The van der Waals surface area contributed by atoms with Gasteiger partial charge in [0.25, 0.3) is 0 Å². The van der Waals surface area contributed by atoms with E-state index in [9.17, 15) is 0 Å². The number of hydrogen-bond acceptors (Lipinski definition) is 2. The highest BCUT2D eigenvalue weighted by atomic mass is 127. The molecule has 0 saturated carbocycles. The van der Waals surface area contributed by atoms with Crippen LogP contribution in [-0.4, -0.2) is 16.0 Å². The van der Waals surface area contributed by atoms with Gasteiger partial charge in [0.1, 0.15) is 5.82 Å². The molecule has 0 saturated heterocycles. The lowest BCUT2D eigenvalue weighted by atomic mass is 10.2. The Labute approximate surface area is 89.5 Å². The van der Waals surface area contributed by atoms with E-state index >= 15 is 0 Å². The third-order valence-corrected chi connectivity index (χ3v) is 3.28. The second kappa shape index (κ2) is 5.32. The Bertz CT molecular complexity index is 297. The molecule has 0 bridgehead atoms. The van der Waals surface area contributed by atoms with Crippen LogP contribution < -0.4 is 5.32 Å². The van der Waals surface area contributed by atoms with Crippen LogP contribution in [-0.2, 0) is 6.42 Å². The van der Waals surface area contributed by atoms with Crippen LogP contribution >= 0.6 is 20.7 Å². The van der Waals surface area contributed by atoms with Gasteiger partial charge >= 0.3 is 0 Å². The molecule has 2 nitrogen and oxygen atoms in total. The minimum Gasteiger partial charge on any atom is -0.370 e. The molecule has 0 unspecified atom stereocenters. The predicted octanol–water partition coefficient (Wildman–Crippen LogP) is 2.65. The van der Waals surface area contributed by atoms with Crippen LogP contribution in [0.5, 0.6) is 0 Å². The molecule has 1 aromatic heterocycles. The average Bonchev–Trinajstić information content (AvgIpc) is 2.19. The van der Waals surface area contributed by atoms with Crippen molar-refractivity contribution in [2.45, 2.75) is 20.3 Å². The van der Waals surface area contributed by atoms with Crippen LogP contribution in [0.15, 0.2) is 12.3 Å². The third kappa shape index (κ3) is 2.76. The number of aryl methyl sites for hydroxylation is 1. The summed E-state index contributed by atoms with van der Waals surface area (Å²) in [6.45, 7) is 5.17. The van der Waals surface area contributed by atoms with E-state index < -0.39 is 0 Å². The first-order valence-electron chi connectivity index (χ1n) is 4.43. The Kier molecular flexibility index (Phi) is 4.35. The molecule has 13 heavy (non-hydrogen) atoms. The standard InChI is InChI=1S/C10H15IN2/c1-4-8-6-9(11-3)7-13-10(8)12-5-2/h6-7H,3-5H2,1-2H3,(H,12,13). The number of hydrogen-bond donors (Lipinski definition) is 1. The second-order valence-corrected chi connectivity index (χ2v) is 4.69. The molecule has 3 heteroatoms. The van der Waals surface area contributed by atoms with E-state index in [-0.39, 0.29) is 20.7 Å². The molecule has 0 aliphatic carbocycles. The van der Waals surface area contributed by atoms with Crippen molar-refractivity contribution in [2.75, 3.05) is 11.9 Å². The van der Waals surface area contributed by atoms with Crippen LogP contribution in [0.3, 0.4) is 0 Å². The zero-order valence-corrected chi connectivity index (χ0v) is 10.3. The van der Waals surface area contributed by atoms with Crippen molar-refractivity contribution in [3.63, 3.8) is 0 Å². The van der Waals surface area contributed by atoms with Crippen LogP contribution in [0.4, 0.5) is 5.82 Å². The SMILES string of the molecule is C=Ic1cnc(NCC)c(CC)c1. The van der Waals surface area contributed by atoms with E-state index in [1.807, 2.05) is 6.20 Å². The lowest BCUT2D eigenvalue weighted by Crippen LogP contribution is -2.03. The molecular formula is C10H15IN2. The summed E-state index contributed by atoms with van der Waals surface area (Å²) in [6, 6.07) is 2.23. The Balaban J connectivity index is 3.00. The fourth-order valence-electron chi connectivity index (χ4n) is 1.15. The molecule has 1 rings (SSSR count). The van der Waals surface area contributed by atoms with Gasteiger partial charge < -0.3 is 5.32 Å². The first kappa shape index (κ1) is 10.6. The molecule has 0 aliphatic rings. The van der Waals surface area contributed by atoms with Crippen molar-refractivity contribution in [3.8, 4) is 0 Å². The smallest absolute Gasteiger partial charge is 0.129 e. The molecule has 0 radical (unpaired) electrons. The van der Waals surface area contributed by atoms with Crippen molar-refractivity contribution in [1.82, 2.24) is 4.98 Å². The molecule has 0 spiro atoms. The maximum Gasteiger partial charge on any atom is 0.129 e. The van der Waals surface area contributed by atoms with Crippen LogP contribution in [0.2, 0.25) is 0 Å². The highest BCUT2D eigenvalue weighted by Gasteiger charge is 2.00. The van der Waals surface area contributed by atoms with Crippen LogP contribution in [0.1, 0.15) is 19.4 Å². The number of halogens is 1. The van der Waals surface area contributed by atoms with Gasteiger partial charge in [-0.15, -0.1) is 0 Å². The fraction of sp³-hybridized carbons (Fsp3) is 0.400. The number of nitrogens with zero attached hydrogens (tertiary/aromatic N) is 1. The summed E-state index contributed by atoms with van der Waals surface area (Å²) in [5, 5.41) is 3.26. The zero-order chi connectivity index (χ0) is 9.68. The van der Waals surface area contributed by atoms with Gasteiger partial charge in [0.05, 0.1) is 0 Å². The largest absolute Gasteiger partial charge is 0.370 e. The van der Waals surface area contributed by atoms with E-state index in [1.54, 1.807) is 0 Å². The number of rotatable bonds is 4. The van der Waals surface area contributed by atoms with Gasteiger partial charge in [0, 0.05) is 16.3 Å². The number of anilines is 1. The lowest BCUT2D eigenvalue weighted by molar-refractivity contribution is 1.06. The van der Waals surface area contributed by atoms with E-state index in [1.165, 1.54) is 9.13 Å². The molecule has 1 aromatic rings. The third-order valence-electron chi connectivity index (χ3n) is 1.81. The van der Waals surface area contributed by atoms with Gasteiger partial charge in [-0.25, -0.2) is 4.98 Å². The Morgan fingerprint density at radius 1 is 1.54 bits per heavy atom. The number of pyridine rings is 1. The normalized spacial score (nSPS) is 10.0. The van der Waals surface area contributed by atoms with Crippen molar-refractivity contribution in [3.05, 3.63) is 21.4 Å². The molecule has 0 amide bonds. The minimum atomic E-state index is -0.0764. The molecule has 72 valence electrons. The summed E-state index contributed by atoms with van der Waals surface area (Å²) in [7, 11) is 0. The number of aromatic nitrogens is 1. The number of nitrogens with one attached hydrogen (secondary N) is 1. The summed E-state index contributed by atoms with van der Waals surface area (Å²) in [5.74, 6) is 1.03. The van der Waals surface area contributed by atoms with Gasteiger partial charge in [0.2, 0.25) is 0 Å². The summed E-state index contributed by atoms with van der Waals surface area (Å²) in [4.78, 5) is 4.39. The Morgan fingerprint density at radius 3 is 2.85 bits per heavy atom. The Hall–Kier alpha value is -0.450. The topological polar surface area (TPSA) is 24.9 Å². The molecule has 0 fully saturated rings. The summed E-state index contributed by atoms with van der Waals surface area (Å²) >= 11 is -0.0764. The summed E-state index contributed by atoms with van der Waals surface area (Å²) < 4.78 is 5.27. The average molecular weight is 290 g/mol.